The van der Waals surface area contributed by atoms with Crippen LogP contribution in [0.2, 0.25) is 0 Å². The maximum atomic E-state index is 13.2. The van der Waals surface area contributed by atoms with Crippen LogP contribution in [0.5, 0.6) is 0 Å². The Morgan fingerprint density at radius 3 is 2.40 bits per heavy atom. The number of nitrogens with one attached hydrogen (secondary N) is 1. The monoisotopic (exact) mass is 452 g/mol. The molecule has 1 heterocycles. The van der Waals surface area contributed by atoms with E-state index in [-0.39, 0.29) is 16.9 Å². The molecule has 1 rings (SSSR count). The van der Waals surface area contributed by atoms with E-state index in [0.717, 1.165) is 30.0 Å². The number of methoxy groups -OCH3 is 1. The van der Waals surface area contributed by atoms with Gasteiger partial charge in [0.05, 0.1) is 12.9 Å². The Hall–Kier alpha value is -1.14. The fourth-order valence-electron chi connectivity index (χ4n) is 3.91. The molecule has 0 radical (unpaired) electrons. The lowest BCUT2D eigenvalue weighted by Gasteiger charge is -2.39. The molecule has 1 unspecified atom stereocenters. The Morgan fingerprint density at radius 1 is 1.20 bits per heavy atom. The second-order valence-corrected chi connectivity index (χ2v) is 12.5. The molecule has 0 fully saturated rings. The summed E-state index contributed by atoms with van der Waals surface area (Å²) >= 11 is 0. The maximum Gasteiger partial charge on any atom is 0.226 e. The lowest BCUT2D eigenvalue weighted by molar-refractivity contribution is -0.131. The van der Waals surface area contributed by atoms with Crippen LogP contribution in [0.25, 0.3) is 0 Å². The minimum absolute atomic E-state index is 0.0945. The highest BCUT2D eigenvalue weighted by molar-refractivity contribution is 8.76. The van der Waals surface area contributed by atoms with Crippen LogP contribution in [-0.2, 0) is 9.53 Å². The van der Waals surface area contributed by atoms with Crippen molar-refractivity contribution in [1.82, 2.24) is 10.3 Å². The third-order valence-electron chi connectivity index (χ3n) is 4.96. The van der Waals surface area contributed by atoms with Crippen LogP contribution < -0.4 is 5.32 Å². The topological polar surface area (TPSA) is 51.2 Å². The third kappa shape index (κ3) is 8.93. The second-order valence-electron chi connectivity index (χ2n) is 9.83. The number of carbonyl (C=O) groups excluding carboxylic acids is 1. The van der Waals surface area contributed by atoms with Gasteiger partial charge in [0, 0.05) is 27.8 Å². The summed E-state index contributed by atoms with van der Waals surface area (Å²) in [7, 11) is 5.15. The standard InChI is InChI=1S/C24H40N2O2S2/c1-10-13-19(28-9)23(5,6)17-24(7,8)26-21(27)22(3,4)16-18(2)29-30-20-14-11-12-15-25-20/h11-15,18H,10,16-17H2,1-9H3,(H,26,27)/b19-13-. The highest BCUT2D eigenvalue weighted by Gasteiger charge is 2.37. The van der Waals surface area contributed by atoms with Crippen molar-refractivity contribution < 1.29 is 9.53 Å². The van der Waals surface area contributed by atoms with Gasteiger partial charge in [0.1, 0.15) is 5.03 Å². The largest absolute Gasteiger partial charge is 0.501 e. The van der Waals surface area contributed by atoms with E-state index in [1.807, 2.05) is 32.0 Å². The summed E-state index contributed by atoms with van der Waals surface area (Å²) in [4.78, 5) is 17.5. The van der Waals surface area contributed by atoms with Crippen LogP contribution >= 0.6 is 21.6 Å². The van der Waals surface area contributed by atoms with E-state index < -0.39 is 5.41 Å². The van der Waals surface area contributed by atoms with Gasteiger partial charge < -0.3 is 10.1 Å². The van der Waals surface area contributed by atoms with Crippen LogP contribution in [-0.4, -0.2) is 28.8 Å². The number of hydrogen-bond donors (Lipinski definition) is 1. The van der Waals surface area contributed by atoms with Gasteiger partial charge in [-0.15, -0.1) is 0 Å². The Labute approximate surface area is 191 Å². The van der Waals surface area contributed by atoms with Crippen LogP contribution in [0.4, 0.5) is 0 Å². The summed E-state index contributed by atoms with van der Waals surface area (Å²) in [6.45, 7) is 16.9. The van der Waals surface area contributed by atoms with Gasteiger partial charge in [-0.2, -0.15) is 0 Å². The zero-order chi connectivity index (χ0) is 23.0. The quantitative estimate of drug-likeness (QED) is 0.277. The highest BCUT2D eigenvalue weighted by atomic mass is 33.1. The zero-order valence-corrected chi connectivity index (χ0v) is 21.8. The van der Waals surface area contributed by atoms with Gasteiger partial charge in [-0.25, -0.2) is 4.98 Å². The minimum atomic E-state index is -0.456. The van der Waals surface area contributed by atoms with Crippen molar-refractivity contribution >= 4 is 27.5 Å². The van der Waals surface area contributed by atoms with Crippen LogP contribution in [0.1, 0.15) is 74.7 Å². The predicted octanol–water partition coefficient (Wildman–Crippen LogP) is 6.88. The summed E-state index contributed by atoms with van der Waals surface area (Å²) in [5, 5.41) is 4.62. The molecular formula is C24H40N2O2S2. The lowest BCUT2D eigenvalue weighted by atomic mass is 9.77. The third-order valence-corrected chi connectivity index (χ3v) is 7.75. The highest BCUT2D eigenvalue weighted by Crippen LogP contribution is 2.39. The first kappa shape index (κ1) is 26.9. The molecule has 4 nitrogen and oxygen atoms in total. The number of rotatable bonds is 12. The molecule has 0 aromatic carbocycles. The first-order valence-electron chi connectivity index (χ1n) is 10.6. The minimum Gasteiger partial charge on any atom is -0.501 e. The SMILES string of the molecule is CC/C=C(\OC)C(C)(C)CC(C)(C)NC(=O)C(C)(C)CC(C)SSc1ccccn1. The molecule has 0 spiro atoms. The van der Waals surface area contributed by atoms with Gasteiger partial charge in [0.15, 0.2) is 0 Å². The van der Waals surface area contributed by atoms with E-state index in [9.17, 15) is 4.79 Å². The van der Waals surface area contributed by atoms with Crippen LogP contribution in [0, 0.1) is 10.8 Å². The van der Waals surface area contributed by atoms with Gasteiger partial charge in [-0.05, 0) is 62.1 Å². The first-order valence-corrected chi connectivity index (χ1v) is 12.9. The molecule has 0 aliphatic rings. The normalized spacial score (nSPS) is 14.4. The Kier molecular flexibility index (Phi) is 10.3. The molecule has 1 atom stereocenters. The van der Waals surface area contributed by atoms with Gasteiger partial charge in [-0.3, -0.25) is 4.79 Å². The van der Waals surface area contributed by atoms with Crippen molar-refractivity contribution in [1.29, 1.82) is 0 Å². The predicted molar refractivity (Wildman–Crippen MR) is 132 cm³/mol. The molecule has 0 aliphatic heterocycles. The number of pyridine rings is 1. The van der Waals surface area contributed by atoms with Crippen molar-refractivity contribution in [2.45, 2.75) is 90.5 Å². The molecule has 0 saturated heterocycles. The number of aromatic nitrogens is 1. The molecule has 0 aliphatic carbocycles. The Morgan fingerprint density at radius 2 is 1.87 bits per heavy atom. The first-order chi connectivity index (χ1) is 13.8. The lowest BCUT2D eigenvalue weighted by Crippen LogP contribution is -2.51. The van der Waals surface area contributed by atoms with Crippen LogP contribution in [0.15, 0.2) is 41.3 Å². The number of allylic oxidation sites excluding steroid dienone is 2. The van der Waals surface area contributed by atoms with Crippen LogP contribution in [0.3, 0.4) is 0 Å². The molecule has 30 heavy (non-hydrogen) atoms. The Balaban J connectivity index is 2.69. The fraction of sp³-hybridized carbons (Fsp3) is 0.667. The molecule has 1 aromatic rings. The van der Waals surface area contributed by atoms with Gasteiger partial charge in [0.2, 0.25) is 5.91 Å². The molecule has 1 amide bonds. The molecule has 6 heteroatoms. The van der Waals surface area contributed by atoms with E-state index >= 15 is 0 Å². The van der Waals surface area contributed by atoms with E-state index in [1.165, 1.54) is 0 Å². The molecule has 0 saturated carbocycles. The average Bonchev–Trinajstić information content (AvgIpc) is 2.63. The average molecular weight is 453 g/mol. The Bertz CT molecular complexity index is 700. The van der Waals surface area contributed by atoms with E-state index in [0.29, 0.717) is 5.25 Å². The summed E-state index contributed by atoms with van der Waals surface area (Å²) in [6.07, 6.45) is 6.45. The van der Waals surface area contributed by atoms with Crippen molar-refractivity contribution in [2.75, 3.05) is 7.11 Å². The van der Waals surface area contributed by atoms with Gasteiger partial charge >= 0.3 is 0 Å². The number of nitrogens with zero attached hydrogens (tertiary/aromatic N) is 1. The molecule has 0 bridgehead atoms. The molecule has 170 valence electrons. The number of amides is 1. The zero-order valence-electron chi connectivity index (χ0n) is 20.2. The number of carbonyl (C=O) groups is 1. The number of hydrogen-bond acceptors (Lipinski definition) is 5. The molecular weight excluding hydrogens is 412 g/mol. The van der Waals surface area contributed by atoms with E-state index in [2.05, 4.69) is 57.9 Å². The van der Waals surface area contributed by atoms with E-state index in [4.69, 9.17) is 4.74 Å². The summed E-state index contributed by atoms with van der Waals surface area (Å²) < 4.78 is 5.63. The maximum absolute atomic E-state index is 13.2. The smallest absolute Gasteiger partial charge is 0.226 e. The molecule has 1 N–H and O–H groups in total. The summed E-state index contributed by atoms with van der Waals surface area (Å²) in [5.41, 5.74) is -0.960. The summed E-state index contributed by atoms with van der Waals surface area (Å²) in [5.74, 6) is 1.07. The molecule has 1 aromatic heterocycles. The summed E-state index contributed by atoms with van der Waals surface area (Å²) in [6, 6.07) is 5.92. The van der Waals surface area contributed by atoms with Gasteiger partial charge in [0.25, 0.3) is 0 Å². The van der Waals surface area contributed by atoms with Crippen molar-refractivity contribution in [3.63, 3.8) is 0 Å². The van der Waals surface area contributed by atoms with E-state index in [1.54, 1.807) is 34.9 Å². The van der Waals surface area contributed by atoms with Crippen molar-refractivity contribution in [3.8, 4) is 0 Å². The number of ether oxygens (including phenoxy) is 1. The fourth-order valence-corrected chi connectivity index (χ4v) is 6.18. The second kappa shape index (κ2) is 11.5. The van der Waals surface area contributed by atoms with Gasteiger partial charge in [-0.1, -0.05) is 58.4 Å². The van der Waals surface area contributed by atoms with Crippen molar-refractivity contribution in [2.24, 2.45) is 10.8 Å². The van der Waals surface area contributed by atoms with Crippen molar-refractivity contribution in [3.05, 3.63) is 36.2 Å².